The summed E-state index contributed by atoms with van der Waals surface area (Å²) in [6, 6.07) is 8.38. The predicted molar refractivity (Wildman–Crippen MR) is 66.6 cm³/mol. The minimum atomic E-state index is 0.250. The third-order valence-electron chi connectivity index (χ3n) is 3.50. The van der Waals surface area contributed by atoms with Crippen LogP contribution in [-0.4, -0.2) is 39.2 Å². The van der Waals surface area contributed by atoms with E-state index >= 15 is 0 Å². The number of imidazole rings is 1. The van der Waals surface area contributed by atoms with Gasteiger partial charge >= 0.3 is 0 Å². The molecule has 2 N–H and O–H groups in total. The Labute approximate surface area is 100 Å². The SMILES string of the molecule is OCC1CCCN1Cc1nc2ccccc2[nH]1. The highest BCUT2D eigenvalue weighted by Gasteiger charge is 2.24. The molecule has 1 atom stereocenters. The van der Waals surface area contributed by atoms with Crippen LogP contribution < -0.4 is 0 Å². The van der Waals surface area contributed by atoms with Gasteiger partial charge in [-0.15, -0.1) is 0 Å². The first-order valence-electron chi connectivity index (χ1n) is 6.15. The fraction of sp³-hybridized carbons (Fsp3) is 0.462. The first-order valence-corrected chi connectivity index (χ1v) is 6.15. The van der Waals surface area contributed by atoms with E-state index in [9.17, 15) is 5.11 Å². The summed E-state index contributed by atoms with van der Waals surface area (Å²) in [4.78, 5) is 10.2. The van der Waals surface area contributed by atoms with Crippen LogP contribution in [0.1, 0.15) is 18.7 Å². The smallest absolute Gasteiger partial charge is 0.121 e. The molecule has 0 radical (unpaired) electrons. The molecule has 4 heteroatoms. The molecule has 1 aromatic heterocycles. The summed E-state index contributed by atoms with van der Waals surface area (Å²) in [5, 5.41) is 9.28. The first kappa shape index (κ1) is 10.7. The lowest BCUT2D eigenvalue weighted by Crippen LogP contribution is -2.31. The molecule has 1 aromatic carbocycles. The Kier molecular flexibility index (Phi) is 2.82. The molecule has 0 saturated carbocycles. The maximum atomic E-state index is 9.28. The molecule has 4 nitrogen and oxygen atoms in total. The van der Waals surface area contributed by atoms with E-state index < -0.39 is 0 Å². The van der Waals surface area contributed by atoms with E-state index in [0.717, 1.165) is 36.4 Å². The van der Waals surface area contributed by atoms with Gasteiger partial charge in [-0.05, 0) is 31.5 Å². The Morgan fingerprint density at radius 1 is 1.41 bits per heavy atom. The highest BCUT2D eigenvalue weighted by atomic mass is 16.3. The van der Waals surface area contributed by atoms with Crippen molar-refractivity contribution in [1.82, 2.24) is 14.9 Å². The van der Waals surface area contributed by atoms with E-state index in [0.29, 0.717) is 6.04 Å². The average Bonchev–Trinajstić information content (AvgIpc) is 2.94. The van der Waals surface area contributed by atoms with Crippen molar-refractivity contribution in [2.24, 2.45) is 0 Å². The van der Waals surface area contributed by atoms with E-state index in [1.807, 2.05) is 24.3 Å². The van der Waals surface area contributed by atoms with Crippen LogP contribution >= 0.6 is 0 Å². The molecule has 1 saturated heterocycles. The van der Waals surface area contributed by atoms with E-state index in [1.54, 1.807) is 0 Å². The topological polar surface area (TPSA) is 52.1 Å². The second kappa shape index (κ2) is 4.47. The summed E-state index contributed by atoms with van der Waals surface area (Å²) < 4.78 is 0. The highest BCUT2D eigenvalue weighted by molar-refractivity contribution is 5.74. The van der Waals surface area contributed by atoms with Crippen LogP contribution in [-0.2, 0) is 6.54 Å². The van der Waals surface area contributed by atoms with E-state index in [1.165, 1.54) is 6.42 Å². The molecule has 1 unspecified atom stereocenters. The quantitative estimate of drug-likeness (QED) is 0.842. The van der Waals surface area contributed by atoms with E-state index in [4.69, 9.17) is 0 Å². The Balaban J connectivity index is 1.80. The molecule has 90 valence electrons. The lowest BCUT2D eigenvalue weighted by Gasteiger charge is -2.21. The van der Waals surface area contributed by atoms with Crippen molar-refractivity contribution in [3.8, 4) is 0 Å². The van der Waals surface area contributed by atoms with Crippen molar-refractivity contribution in [3.05, 3.63) is 30.1 Å². The van der Waals surface area contributed by atoms with Crippen molar-refractivity contribution in [2.45, 2.75) is 25.4 Å². The van der Waals surface area contributed by atoms with Crippen molar-refractivity contribution in [1.29, 1.82) is 0 Å². The average molecular weight is 231 g/mol. The molecule has 0 spiro atoms. The number of rotatable bonds is 3. The largest absolute Gasteiger partial charge is 0.395 e. The Morgan fingerprint density at radius 2 is 2.29 bits per heavy atom. The Hall–Kier alpha value is -1.39. The molecule has 3 rings (SSSR count). The van der Waals surface area contributed by atoms with Gasteiger partial charge in [0.2, 0.25) is 0 Å². The van der Waals surface area contributed by atoms with Crippen LogP contribution in [0.2, 0.25) is 0 Å². The fourth-order valence-electron chi connectivity index (χ4n) is 2.58. The van der Waals surface area contributed by atoms with Gasteiger partial charge in [-0.1, -0.05) is 12.1 Å². The number of H-pyrrole nitrogens is 1. The number of aromatic nitrogens is 2. The van der Waals surface area contributed by atoms with Crippen LogP contribution in [0.15, 0.2) is 24.3 Å². The summed E-state index contributed by atoms with van der Waals surface area (Å²) in [5.41, 5.74) is 2.10. The zero-order valence-corrected chi connectivity index (χ0v) is 9.76. The van der Waals surface area contributed by atoms with Crippen molar-refractivity contribution in [2.75, 3.05) is 13.2 Å². The number of aliphatic hydroxyl groups excluding tert-OH is 1. The van der Waals surface area contributed by atoms with Crippen LogP contribution in [0, 0.1) is 0 Å². The second-order valence-electron chi connectivity index (χ2n) is 4.65. The minimum Gasteiger partial charge on any atom is -0.395 e. The van der Waals surface area contributed by atoms with Gasteiger partial charge < -0.3 is 10.1 Å². The van der Waals surface area contributed by atoms with Gasteiger partial charge in [-0.2, -0.15) is 0 Å². The molecular weight excluding hydrogens is 214 g/mol. The third kappa shape index (κ3) is 2.06. The molecular formula is C13H17N3O. The number of hydrogen-bond acceptors (Lipinski definition) is 3. The predicted octanol–water partition coefficient (Wildman–Crippen LogP) is 1.52. The second-order valence-corrected chi connectivity index (χ2v) is 4.65. The summed E-state index contributed by atoms with van der Waals surface area (Å²) in [6.07, 6.45) is 2.27. The zero-order valence-electron chi connectivity index (χ0n) is 9.76. The summed E-state index contributed by atoms with van der Waals surface area (Å²) in [6.45, 7) is 2.11. The summed E-state index contributed by atoms with van der Waals surface area (Å²) in [5.74, 6) is 0.992. The van der Waals surface area contributed by atoms with Crippen LogP contribution in [0.4, 0.5) is 0 Å². The number of benzene rings is 1. The monoisotopic (exact) mass is 231 g/mol. The lowest BCUT2D eigenvalue weighted by molar-refractivity contribution is 0.151. The molecule has 0 amide bonds. The highest BCUT2D eigenvalue weighted by Crippen LogP contribution is 2.19. The molecule has 1 aliphatic heterocycles. The molecule has 1 fully saturated rings. The Morgan fingerprint density at radius 3 is 3.12 bits per heavy atom. The number of nitrogens with zero attached hydrogens (tertiary/aromatic N) is 2. The van der Waals surface area contributed by atoms with Crippen LogP contribution in [0.25, 0.3) is 11.0 Å². The number of para-hydroxylation sites is 2. The van der Waals surface area contributed by atoms with E-state index in [-0.39, 0.29) is 6.61 Å². The van der Waals surface area contributed by atoms with Crippen LogP contribution in [0.5, 0.6) is 0 Å². The Bertz CT molecular complexity index is 475. The number of aliphatic hydroxyl groups is 1. The fourth-order valence-corrected chi connectivity index (χ4v) is 2.58. The van der Waals surface area contributed by atoms with Gasteiger partial charge in [-0.25, -0.2) is 4.98 Å². The van der Waals surface area contributed by atoms with Gasteiger partial charge in [0.05, 0.1) is 24.2 Å². The molecule has 0 bridgehead atoms. The van der Waals surface area contributed by atoms with Crippen molar-refractivity contribution < 1.29 is 5.11 Å². The van der Waals surface area contributed by atoms with Crippen molar-refractivity contribution in [3.63, 3.8) is 0 Å². The molecule has 2 heterocycles. The molecule has 17 heavy (non-hydrogen) atoms. The normalized spacial score (nSPS) is 21.4. The number of hydrogen-bond donors (Lipinski definition) is 2. The number of fused-ring (bicyclic) bond motifs is 1. The number of likely N-dealkylation sites (tertiary alicyclic amines) is 1. The molecule has 2 aromatic rings. The first-order chi connectivity index (χ1) is 8.36. The maximum absolute atomic E-state index is 9.28. The summed E-state index contributed by atoms with van der Waals surface area (Å²) >= 11 is 0. The van der Waals surface area contributed by atoms with Crippen molar-refractivity contribution >= 4 is 11.0 Å². The summed E-state index contributed by atoms with van der Waals surface area (Å²) in [7, 11) is 0. The number of aromatic amines is 1. The minimum absolute atomic E-state index is 0.250. The van der Waals surface area contributed by atoms with Gasteiger partial charge in [0.25, 0.3) is 0 Å². The molecule has 1 aliphatic rings. The standard InChI is InChI=1S/C13H17N3O/c17-9-10-4-3-7-16(10)8-13-14-11-5-1-2-6-12(11)15-13/h1-2,5-6,10,17H,3-4,7-9H2,(H,14,15). The van der Waals surface area contributed by atoms with Crippen LogP contribution in [0.3, 0.4) is 0 Å². The maximum Gasteiger partial charge on any atom is 0.121 e. The van der Waals surface area contributed by atoms with Gasteiger partial charge in [0.15, 0.2) is 0 Å². The molecule has 0 aliphatic carbocycles. The van der Waals surface area contributed by atoms with E-state index in [2.05, 4.69) is 14.9 Å². The number of nitrogens with one attached hydrogen (secondary N) is 1. The third-order valence-corrected chi connectivity index (χ3v) is 3.50. The van der Waals surface area contributed by atoms with Gasteiger partial charge in [-0.3, -0.25) is 4.90 Å². The lowest BCUT2D eigenvalue weighted by atomic mass is 10.2. The van der Waals surface area contributed by atoms with Gasteiger partial charge in [0.1, 0.15) is 5.82 Å². The zero-order chi connectivity index (χ0) is 11.7. The van der Waals surface area contributed by atoms with Gasteiger partial charge in [0, 0.05) is 6.04 Å².